The van der Waals surface area contributed by atoms with Crippen LogP contribution in [0, 0.1) is 19.1 Å². The topological polar surface area (TPSA) is 43.9 Å². The van der Waals surface area contributed by atoms with Crippen molar-refractivity contribution in [1.29, 1.82) is 0 Å². The standard InChI is InChI=1S/C25H15N2O.C15H18NSi.Ir/c1-2-9-17(10-3-1)27-22-15-6-5-14-21(22)26-25(27)20-13-8-12-19-18-11-4-7-16-23(18)28-24(19)20;1-12-10-14(13-8-6-5-7-9-13)16-11-15(12)17(2,3)4;/h1-12,14-16H;5-8,10-11H,1-4H3;/q2*-1;. The molecule has 0 spiro atoms. The molecule has 5 aromatic carbocycles. The van der Waals surface area contributed by atoms with Crippen LogP contribution in [0.4, 0.5) is 0 Å². The molecule has 0 fully saturated rings. The molecule has 0 aliphatic rings. The molecular formula is C40H33IrN3OSi-2. The second-order valence-electron chi connectivity index (χ2n) is 12.2. The van der Waals surface area contributed by atoms with Gasteiger partial charge in [-0.05, 0) is 48.1 Å². The smallest absolute Gasteiger partial charge is 0.120 e. The van der Waals surface area contributed by atoms with Crippen molar-refractivity contribution in [1.82, 2.24) is 14.5 Å². The molecular weight excluding hydrogens is 759 g/mol. The monoisotopic (exact) mass is 792 g/mol. The van der Waals surface area contributed by atoms with Crippen molar-refractivity contribution in [3.05, 3.63) is 145 Å². The van der Waals surface area contributed by atoms with E-state index < -0.39 is 8.07 Å². The van der Waals surface area contributed by atoms with Gasteiger partial charge in [0.25, 0.3) is 0 Å². The van der Waals surface area contributed by atoms with Crippen LogP contribution in [0.1, 0.15) is 5.56 Å². The van der Waals surface area contributed by atoms with Crippen LogP contribution in [0.25, 0.3) is 61.3 Å². The van der Waals surface area contributed by atoms with Crippen LogP contribution >= 0.6 is 0 Å². The van der Waals surface area contributed by atoms with Gasteiger partial charge in [0.2, 0.25) is 0 Å². The van der Waals surface area contributed by atoms with Crippen molar-refractivity contribution in [2.45, 2.75) is 26.6 Å². The van der Waals surface area contributed by atoms with Gasteiger partial charge in [-0.2, -0.15) is 0 Å². The summed E-state index contributed by atoms with van der Waals surface area (Å²) in [6, 6.07) is 47.4. The number of nitrogens with zero attached hydrogens (tertiary/aromatic N) is 3. The van der Waals surface area contributed by atoms with E-state index in [4.69, 9.17) is 9.40 Å². The molecule has 3 heterocycles. The SMILES string of the molecule is Cc1cc(-c2[c-]cccc2)ncc1[Si](C)(C)C.[Ir].[c-]1ccc2c(oc3ccccc32)c1-c1nc2ccccc2n1-c1ccccc1. The number of rotatable bonds is 4. The van der Waals surface area contributed by atoms with E-state index in [1.54, 1.807) is 0 Å². The first kappa shape index (κ1) is 31.4. The molecule has 6 heteroatoms. The van der Waals surface area contributed by atoms with Gasteiger partial charge in [0, 0.05) is 37.4 Å². The fourth-order valence-corrected chi connectivity index (χ4v) is 7.64. The van der Waals surface area contributed by atoms with E-state index in [1.165, 1.54) is 10.8 Å². The average molecular weight is 792 g/mol. The Morgan fingerprint density at radius 1 is 0.739 bits per heavy atom. The number of benzene rings is 5. The zero-order valence-electron chi connectivity index (χ0n) is 26.2. The number of furan rings is 1. The number of aromatic nitrogens is 3. The van der Waals surface area contributed by atoms with Crippen molar-refractivity contribution in [2.24, 2.45) is 0 Å². The fraction of sp³-hybridized carbons (Fsp3) is 0.100. The van der Waals surface area contributed by atoms with E-state index in [-0.39, 0.29) is 20.1 Å². The van der Waals surface area contributed by atoms with E-state index in [1.807, 2.05) is 78.9 Å². The molecule has 0 N–H and O–H groups in total. The number of para-hydroxylation sites is 4. The Morgan fingerprint density at radius 2 is 1.48 bits per heavy atom. The molecule has 0 unspecified atom stereocenters. The molecule has 0 saturated carbocycles. The first-order chi connectivity index (χ1) is 21.9. The molecule has 229 valence electrons. The Hall–Kier alpha value is -4.61. The predicted octanol–water partition coefficient (Wildman–Crippen LogP) is 9.79. The minimum Gasteiger partial charge on any atom is -0.501 e. The number of aryl methyl sites for hydroxylation is 1. The first-order valence-corrected chi connectivity index (χ1v) is 18.7. The van der Waals surface area contributed by atoms with Crippen molar-refractivity contribution in [2.75, 3.05) is 0 Å². The zero-order chi connectivity index (χ0) is 31.0. The first-order valence-electron chi connectivity index (χ1n) is 15.2. The fourth-order valence-electron chi connectivity index (χ4n) is 5.93. The van der Waals surface area contributed by atoms with Crippen LogP contribution in [0.5, 0.6) is 0 Å². The van der Waals surface area contributed by atoms with Gasteiger partial charge in [0.15, 0.2) is 0 Å². The van der Waals surface area contributed by atoms with E-state index in [0.717, 1.165) is 61.3 Å². The molecule has 0 saturated heterocycles. The van der Waals surface area contributed by atoms with Crippen LogP contribution in [-0.2, 0) is 20.1 Å². The van der Waals surface area contributed by atoms with Crippen LogP contribution in [0.15, 0.2) is 132 Å². The molecule has 1 radical (unpaired) electrons. The van der Waals surface area contributed by atoms with E-state index in [0.29, 0.717) is 0 Å². The molecule has 0 amide bonds. The van der Waals surface area contributed by atoms with Gasteiger partial charge in [-0.3, -0.25) is 4.98 Å². The molecule has 46 heavy (non-hydrogen) atoms. The molecule has 0 bridgehead atoms. The summed E-state index contributed by atoms with van der Waals surface area (Å²) in [5.41, 5.74) is 9.07. The summed E-state index contributed by atoms with van der Waals surface area (Å²) in [6.07, 6.45) is 2.05. The molecule has 4 nitrogen and oxygen atoms in total. The Morgan fingerprint density at radius 3 is 2.24 bits per heavy atom. The predicted molar refractivity (Wildman–Crippen MR) is 189 cm³/mol. The van der Waals surface area contributed by atoms with Gasteiger partial charge in [0.05, 0.1) is 30.5 Å². The second kappa shape index (κ2) is 13.0. The summed E-state index contributed by atoms with van der Waals surface area (Å²) in [6.45, 7) is 9.24. The molecule has 3 aromatic heterocycles. The summed E-state index contributed by atoms with van der Waals surface area (Å²) in [7, 11) is -1.27. The van der Waals surface area contributed by atoms with Crippen LogP contribution in [-0.4, -0.2) is 22.6 Å². The van der Waals surface area contributed by atoms with Gasteiger partial charge in [0.1, 0.15) is 5.58 Å². The maximum atomic E-state index is 6.24. The van der Waals surface area contributed by atoms with E-state index in [2.05, 4.69) is 96.9 Å². The van der Waals surface area contributed by atoms with Crippen LogP contribution < -0.4 is 5.19 Å². The van der Waals surface area contributed by atoms with Gasteiger partial charge in [-0.1, -0.05) is 90.8 Å². The third-order valence-electron chi connectivity index (χ3n) is 8.04. The molecule has 0 aliphatic heterocycles. The minimum absolute atomic E-state index is 0. The van der Waals surface area contributed by atoms with Gasteiger partial charge >= 0.3 is 0 Å². The maximum Gasteiger partial charge on any atom is 0.120 e. The summed E-state index contributed by atoms with van der Waals surface area (Å²) in [5, 5.41) is 3.63. The van der Waals surface area contributed by atoms with Gasteiger partial charge in [-0.25, -0.2) is 0 Å². The summed E-state index contributed by atoms with van der Waals surface area (Å²) >= 11 is 0. The normalized spacial score (nSPS) is 11.3. The van der Waals surface area contributed by atoms with Crippen molar-refractivity contribution < 1.29 is 24.5 Å². The van der Waals surface area contributed by atoms with Crippen LogP contribution in [0.2, 0.25) is 19.6 Å². The molecule has 0 aliphatic carbocycles. The number of hydrogen-bond acceptors (Lipinski definition) is 3. The molecule has 8 rings (SSSR count). The Labute approximate surface area is 284 Å². The van der Waals surface area contributed by atoms with E-state index in [9.17, 15) is 0 Å². The Bertz CT molecular complexity index is 2270. The van der Waals surface area contributed by atoms with Crippen molar-refractivity contribution >= 4 is 46.2 Å². The summed E-state index contributed by atoms with van der Waals surface area (Å²) in [5.74, 6) is 0.831. The number of hydrogen-bond donors (Lipinski definition) is 0. The summed E-state index contributed by atoms with van der Waals surface area (Å²) < 4.78 is 8.41. The average Bonchev–Trinajstić information content (AvgIpc) is 3.64. The summed E-state index contributed by atoms with van der Waals surface area (Å²) in [4.78, 5) is 9.53. The Balaban J connectivity index is 0.000000179. The van der Waals surface area contributed by atoms with Crippen molar-refractivity contribution in [3.8, 4) is 28.3 Å². The third-order valence-corrected chi connectivity index (χ3v) is 10.2. The number of pyridine rings is 1. The van der Waals surface area contributed by atoms with E-state index >= 15 is 0 Å². The zero-order valence-corrected chi connectivity index (χ0v) is 29.6. The van der Waals surface area contributed by atoms with Gasteiger partial charge in [-0.15, -0.1) is 54.1 Å². The minimum atomic E-state index is -1.27. The third kappa shape index (κ3) is 6.00. The molecule has 0 atom stereocenters. The van der Waals surface area contributed by atoms with Gasteiger partial charge < -0.3 is 14.0 Å². The van der Waals surface area contributed by atoms with Crippen molar-refractivity contribution in [3.63, 3.8) is 0 Å². The number of imidazole rings is 1. The maximum absolute atomic E-state index is 6.24. The Kier molecular flexibility index (Phi) is 8.87. The van der Waals surface area contributed by atoms with Crippen LogP contribution in [0.3, 0.4) is 0 Å². The molecule has 8 aromatic rings. The second-order valence-corrected chi connectivity index (χ2v) is 17.2. The largest absolute Gasteiger partial charge is 0.501 e. The quantitative estimate of drug-likeness (QED) is 0.132. The number of fused-ring (bicyclic) bond motifs is 4.